The van der Waals surface area contributed by atoms with Crippen molar-refractivity contribution in [3.63, 3.8) is 0 Å². The fraction of sp³-hybridized carbons (Fsp3) is 0.571. The van der Waals surface area contributed by atoms with Gasteiger partial charge in [0.2, 0.25) is 10.0 Å². The Labute approximate surface area is 122 Å². The number of nitrogens with zero attached hydrogens (tertiary/aromatic N) is 1. The lowest BCUT2D eigenvalue weighted by atomic mass is 10.2. The van der Waals surface area contributed by atoms with Crippen LogP contribution in [0.3, 0.4) is 0 Å². The lowest BCUT2D eigenvalue weighted by Crippen LogP contribution is -2.23. The molecule has 0 unspecified atom stereocenters. The van der Waals surface area contributed by atoms with Crippen LogP contribution in [0.15, 0.2) is 29.2 Å². The largest absolute Gasteiger partial charge is 0.384 e. The maximum absolute atomic E-state index is 12.2. The summed E-state index contributed by atoms with van der Waals surface area (Å²) in [7, 11) is -0.323. The van der Waals surface area contributed by atoms with Crippen LogP contribution in [0, 0.1) is 0 Å². The van der Waals surface area contributed by atoms with E-state index in [2.05, 4.69) is 5.32 Å². The van der Waals surface area contributed by atoms with E-state index in [0.717, 1.165) is 38.8 Å². The first-order valence-corrected chi connectivity index (χ1v) is 8.39. The van der Waals surface area contributed by atoms with Crippen LogP contribution in [0.2, 0.25) is 0 Å². The van der Waals surface area contributed by atoms with Gasteiger partial charge in [-0.3, -0.25) is 0 Å². The fourth-order valence-corrected chi connectivity index (χ4v) is 2.94. The van der Waals surface area contributed by atoms with E-state index in [1.54, 1.807) is 32.3 Å². The van der Waals surface area contributed by atoms with E-state index in [-0.39, 0.29) is 0 Å². The molecule has 0 bridgehead atoms. The molecular weight excluding hydrogens is 274 g/mol. The summed E-state index contributed by atoms with van der Waals surface area (Å²) in [5.41, 5.74) is 6.11. The molecule has 0 aliphatic rings. The highest BCUT2D eigenvalue weighted by molar-refractivity contribution is 7.89. The Balaban J connectivity index is 2.63. The number of hydrogen-bond donors (Lipinski definition) is 2. The van der Waals surface area contributed by atoms with Gasteiger partial charge in [0.15, 0.2) is 0 Å². The smallest absolute Gasteiger partial charge is 0.244 e. The van der Waals surface area contributed by atoms with Crippen molar-refractivity contribution in [2.24, 2.45) is 5.73 Å². The van der Waals surface area contributed by atoms with Crippen LogP contribution in [0.4, 0.5) is 5.69 Å². The molecule has 1 aromatic rings. The third-order valence-electron chi connectivity index (χ3n) is 3.09. The molecule has 5 nitrogen and oxygen atoms in total. The Morgan fingerprint density at radius 3 is 2.40 bits per heavy atom. The first kappa shape index (κ1) is 16.9. The predicted molar refractivity (Wildman–Crippen MR) is 83.3 cm³/mol. The number of nitrogens with one attached hydrogen (secondary N) is 1. The number of nitrogens with two attached hydrogens (primary N) is 1. The van der Waals surface area contributed by atoms with Crippen molar-refractivity contribution in [3.8, 4) is 0 Å². The Bertz CT molecular complexity index is 501. The minimum atomic E-state index is -3.40. The van der Waals surface area contributed by atoms with Crippen molar-refractivity contribution in [1.82, 2.24) is 4.31 Å². The molecule has 0 fully saturated rings. The van der Waals surface area contributed by atoms with Gasteiger partial charge in [-0.1, -0.05) is 25.0 Å². The second-order valence-corrected chi connectivity index (χ2v) is 7.03. The molecule has 0 radical (unpaired) electrons. The Morgan fingerprint density at radius 2 is 1.75 bits per heavy atom. The zero-order valence-corrected chi connectivity index (χ0v) is 13.1. The van der Waals surface area contributed by atoms with Crippen LogP contribution in [0.1, 0.15) is 25.7 Å². The van der Waals surface area contributed by atoms with Crippen molar-refractivity contribution >= 4 is 15.7 Å². The molecular formula is C14H25N3O2S. The fourth-order valence-electron chi connectivity index (χ4n) is 1.88. The van der Waals surface area contributed by atoms with Gasteiger partial charge in [-0.05, 0) is 31.5 Å². The van der Waals surface area contributed by atoms with E-state index >= 15 is 0 Å². The third kappa shape index (κ3) is 4.77. The molecule has 6 heteroatoms. The molecule has 1 rings (SSSR count). The molecule has 0 heterocycles. The predicted octanol–water partition coefficient (Wildman–Crippen LogP) is 1.87. The molecule has 3 N–H and O–H groups in total. The minimum Gasteiger partial charge on any atom is -0.384 e. The zero-order chi connectivity index (χ0) is 15.0. The van der Waals surface area contributed by atoms with Crippen LogP contribution in [-0.2, 0) is 10.0 Å². The van der Waals surface area contributed by atoms with Gasteiger partial charge in [0.1, 0.15) is 4.90 Å². The Kier molecular flexibility index (Phi) is 6.98. The highest BCUT2D eigenvalue weighted by Gasteiger charge is 2.20. The van der Waals surface area contributed by atoms with Crippen molar-refractivity contribution in [3.05, 3.63) is 24.3 Å². The number of rotatable bonds is 9. The molecule has 0 aromatic heterocycles. The van der Waals surface area contributed by atoms with E-state index in [1.165, 1.54) is 4.31 Å². The normalized spacial score (nSPS) is 11.8. The summed E-state index contributed by atoms with van der Waals surface area (Å²) in [6.45, 7) is 1.50. The SMILES string of the molecule is CN(C)S(=O)(=O)c1ccccc1NCCCCCCN. The van der Waals surface area contributed by atoms with Crippen LogP contribution >= 0.6 is 0 Å². The van der Waals surface area contributed by atoms with Gasteiger partial charge in [0, 0.05) is 20.6 Å². The molecule has 0 saturated carbocycles. The molecule has 1 aromatic carbocycles. The van der Waals surface area contributed by atoms with Crippen LogP contribution < -0.4 is 11.1 Å². The molecule has 0 aliphatic carbocycles. The van der Waals surface area contributed by atoms with Crippen molar-refractivity contribution in [2.45, 2.75) is 30.6 Å². The summed E-state index contributed by atoms with van der Waals surface area (Å²) in [6, 6.07) is 7.01. The molecule has 0 atom stereocenters. The average molecular weight is 299 g/mol. The van der Waals surface area contributed by atoms with Crippen molar-refractivity contribution in [2.75, 3.05) is 32.5 Å². The van der Waals surface area contributed by atoms with E-state index in [0.29, 0.717) is 10.6 Å². The molecule has 0 saturated heterocycles. The summed E-state index contributed by atoms with van der Waals surface area (Å²) in [4.78, 5) is 0.326. The van der Waals surface area contributed by atoms with Crippen LogP contribution in [0.25, 0.3) is 0 Å². The van der Waals surface area contributed by atoms with Crippen molar-refractivity contribution in [1.29, 1.82) is 0 Å². The van der Waals surface area contributed by atoms with Crippen LogP contribution in [-0.4, -0.2) is 39.9 Å². The van der Waals surface area contributed by atoms with Gasteiger partial charge in [0.05, 0.1) is 5.69 Å². The highest BCUT2D eigenvalue weighted by Crippen LogP contribution is 2.23. The summed E-state index contributed by atoms with van der Waals surface area (Å²) in [5.74, 6) is 0. The number of para-hydroxylation sites is 1. The summed E-state index contributed by atoms with van der Waals surface area (Å²) >= 11 is 0. The van der Waals surface area contributed by atoms with Crippen molar-refractivity contribution < 1.29 is 8.42 Å². The summed E-state index contributed by atoms with van der Waals surface area (Å²) in [5, 5.41) is 3.21. The second kappa shape index (κ2) is 8.24. The number of sulfonamides is 1. The van der Waals surface area contributed by atoms with E-state index < -0.39 is 10.0 Å². The van der Waals surface area contributed by atoms with E-state index in [9.17, 15) is 8.42 Å². The van der Waals surface area contributed by atoms with Gasteiger partial charge in [-0.15, -0.1) is 0 Å². The van der Waals surface area contributed by atoms with Gasteiger partial charge < -0.3 is 11.1 Å². The van der Waals surface area contributed by atoms with E-state index in [4.69, 9.17) is 5.73 Å². The Hall–Kier alpha value is -1.11. The lowest BCUT2D eigenvalue weighted by Gasteiger charge is -2.16. The number of unbranched alkanes of at least 4 members (excludes halogenated alkanes) is 3. The van der Waals surface area contributed by atoms with Gasteiger partial charge in [-0.2, -0.15) is 0 Å². The number of hydrogen-bond acceptors (Lipinski definition) is 4. The zero-order valence-electron chi connectivity index (χ0n) is 12.3. The van der Waals surface area contributed by atoms with Gasteiger partial charge in [0.25, 0.3) is 0 Å². The van der Waals surface area contributed by atoms with E-state index in [1.807, 2.05) is 6.07 Å². The van der Waals surface area contributed by atoms with Gasteiger partial charge >= 0.3 is 0 Å². The average Bonchev–Trinajstić information content (AvgIpc) is 2.43. The quantitative estimate of drug-likeness (QED) is 0.683. The first-order chi connectivity index (χ1) is 9.50. The molecule has 0 spiro atoms. The molecule has 0 aliphatic heterocycles. The maximum Gasteiger partial charge on any atom is 0.244 e. The monoisotopic (exact) mass is 299 g/mol. The van der Waals surface area contributed by atoms with Gasteiger partial charge in [-0.25, -0.2) is 12.7 Å². The maximum atomic E-state index is 12.2. The number of anilines is 1. The minimum absolute atomic E-state index is 0.326. The summed E-state index contributed by atoms with van der Waals surface area (Å²) < 4.78 is 25.6. The second-order valence-electron chi connectivity index (χ2n) is 4.91. The summed E-state index contributed by atoms with van der Waals surface area (Å²) in [6.07, 6.45) is 4.28. The lowest BCUT2D eigenvalue weighted by molar-refractivity contribution is 0.521. The molecule has 20 heavy (non-hydrogen) atoms. The molecule has 114 valence electrons. The third-order valence-corrected chi connectivity index (χ3v) is 4.97. The standard InChI is InChI=1S/C14H25N3O2S/c1-17(2)20(18,19)14-10-6-5-9-13(14)16-12-8-4-3-7-11-15/h5-6,9-10,16H,3-4,7-8,11-12,15H2,1-2H3. The number of benzene rings is 1. The van der Waals surface area contributed by atoms with Crippen LogP contribution in [0.5, 0.6) is 0 Å². The molecule has 0 amide bonds. The highest BCUT2D eigenvalue weighted by atomic mass is 32.2. The Morgan fingerprint density at radius 1 is 1.10 bits per heavy atom. The topological polar surface area (TPSA) is 75.4 Å². The first-order valence-electron chi connectivity index (χ1n) is 6.95.